The van der Waals surface area contributed by atoms with Crippen LogP contribution in [-0.4, -0.2) is 4.98 Å². The zero-order valence-electron chi connectivity index (χ0n) is 9.52. The summed E-state index contributed by atoms with van der Waals surface area (Å²) in [5, 5.41) is 0. The van der Waals surface area contributed by atoms with Crippen molar-refractivity contribution in [3.63, 3.8) is 0 Å². The number of aryl methyl sites for hydroxylation is 1. The Morgan fingerprint density at radius 1 is 1.35 bits per heavy atom. The first-order valence-corrected chi connectivity index (χ1v) is 6.42. The molecule has 0 amide bonds. The molecule has 0 spiro atoms. The van der Waals surface area contributed by atoms with Crippen molar-refractivity contribution in [2.24, 2.45) is 5.84 Å². The minimum Gasteiger partial charge on any atom is -0.271 e. The number of rotatable bonds is 3. The molecule has 0 aliphatic heterocycles. The van der Waals surface area contributed by atoms with E-state index < -0.39 is 0 Å². The summed E-state index contributed by atoms with van der Waals surface area (Å²) in [6.07, 6.45) is 3.65. The third-order valence-electron chi connectivity index (χ3n) is 2.74. The SMILES string of the molecule is Cc1ccncc1C(NN)c1cccc(I)c1. The summed E-state index contributed by atoms with van der Waals surface area (Å²) in [5.74, 6) is 5.68. The van der Waals surface area contributed by atoms with Crippen molar-refractivity contribution < 1.29 is 0 Å². The summed E-state index contributed by atoms with van der Waals surface area (Å²) in [5.41, 5.74) is 6.30. The van der Waals surface area contributed by atoms with Gasteiger partial charge in [0.15, 0.2) is 0 Å². The average molecular weight is 339 g/mol. The van der Waals surface area contributed by atoms with Crippen LogP contribution in [0.15, 0.2) is 42.7 Å². The van der Waals surface area contributed by atoms with Gasteiger partial charge < -0.3 is 0 Å². The molecule has 0 fully saturated rings. The quantitative estimate of drug-likeness (QED) is 0.513. The maximum Gasteiger partial charge on any atom is 0.0727 e. The van der Waals surface area contributed by atoms with Crippen molar-refractivity contribution in [3.8, 4) is 0 Å². The lowest BCUT2D eigenvalue weighted by atomic mass is 9.97. The number of benzene rings is 1. The van der Waals surface area contributed by atoms with Crippen molar-refractivity contribution in [1.29, 1.82) is 0 Å². The molecule has 0 aliphatic rings. The lowest BCUT2D eigenvalue weighted by Gasteiger charge is -2.18. The molecule has 3 N–H and O–H groups in total. The van der Waals surface area contributed by atoms with Crippen molar-refractivity contribution in [2.45, 2.75) is 13.0 Å². The van der Waals surface area contributed by atoms with E-state index in [-0.39, 0.29) is 6.04 Å². The Labute approximate surface area is 115 Å². The smallest absolute Gasteiger partial charge is 0.0727 e. The Hall–Kier alpha value is -0.980. The Morgan fingerprint density at radius 3 is 2.82 bits per heavy atom. The second kappa shape index (κ2) is 5.57. The maximum absolute atomic E-state index is 5.68. The van der Waals surface area contributed by atoms with Gasteiger partial charge in [0.05, 0.1) is 6.04 Å². The fourth-order valence-electron chi connectivity index (χ4n) is 1.83. The molecule has 1 aromatic heterocycles. The van der Waals surface area contributed by atoms with Crippen LogP contribution in [0, 0.1) is 10.5 Å². The molecular formula is C13H14IN3. The minimum absolute atomic E-state index is 0.0154. The highest BCUT2D eigenvalue weighted by atomic mass is 127. The van der Waals surface area contributed by atoms with Crippen LogP contribution in [0.4, 0.5) is 0 Å². The van der Waals surface area contributed by atoms with Crippen LogP contribution < -0.4 is 11.3 Å². The molecule has 1 unspecified atom stereocenters. The third kappa shape index (κ3) is 2.83. The van der Waals surface area contributed by atoms with Gasteiger partial charge >= 0.3 is 0 Å². The summed E-state index contributed by atoms with van der Waals surface area (Å²) in [7, 11) is 0. The number of aromatic nitrogens is 1. The van der Waals surface area contributed by atoms with Crippen molar-refractivity contribution in [3.05, 3.63) is 63.0 Å². The van der Waals surface area contributed by atoms with E-state index in [0.717, 1.165) is 11.1 Å². The minimum atomic E-state index is -0.0154. The van der Waals surface area contributed by atoms with Crippen LogP contribution in [0.3, 0.4) is 0 Å². The number of hydrazine groups is 1. The van der Waals surface area contributed by atoms with Crippen molar-refractivity contribution >= 4 is 22.6 Å². The fraction of sp³-hybridized carbons (Fsp3) is 0.154. The van der Waals surface area contributed by atoms with Crippen molar-refractivity contribution in [2.75, 3.05) is 0 Å². The molecule has 88 valence electrons. The van der Waals surface area contributed by atoms with Crippen LogP contribution in [0.2, 0.25) is 0 Å². The summed E-state index contributed by atoms with van der Waals surface area (Å²) in [6, 6.07) is 10.3. The molecule has 1 heterocycles. The van der Waals surface area contributed by atoms with Gasteiger partial charge in [-0.2, -0.15) is 0 Å². The number of nitrogens with two attached hydrogens (primary N) is 1. The number of nitrogens with one attached hydrogen (secondary N) is 1. The van der Waals surface area contributed by atoms with Crippen LogP contribution in [0.1, 0.15) is 22.7 Å². The van der Waals surface area contributed by atoms with Gasteiger partial charge in [-0.3, -0.25) is 10.8 Å². The van der Waals surface area contributed by atoms with Crippen LogP contribution in [0.5, 0.6) is 0 Å². The highest BCUT2D eigenvalue weighted by Gasteiger charge is 2.14. The zero-order chi connectivity index (χ0) is 12.3. The second-order valence-corrected chi connectivity index (χ2v) is 5.13. The van der Waals surface area contributed by atoms with E-state index in [1.807, 2.05) is 18.3 Å². The van der Waals surface area contributed by atoms with E-state index in [9.17, 15) is 0 Å². The van der Waals surface area contributed by atoms with Crippen molar-refractivity contribution in [1.82, 2.24) is 10.4 Å². The van der Waals surface area contributed by atoms with Gasteiger partial charge in [0.25, 0.3) is 0 Å². The number of pyridine rings is 1. The lowest BCUT2D eigenvalue weighted by Crippen LogP contribution is -2.29. The third-order valence-corrected chi connectivity index (χ3v) is 3.41. The molecular weight excluding hydrogens is 325 g/mol. The summed E-state index contributed by atoms with van der Waals surface area (Å²) in [4.78, 5) is 4.16. The molecule has 0 aliphatic carbocycles. The van der Waals surface area contributed by atoms with Gasteiger partial charge in [-0.15, -0.1) is 0 Å². The topological polar surface area (TPSA) is 50.9 Å². The first kappa shape index (κ1) is 12.5. The lowest BCUT2D eigenvalue weighted by molar-refractivity contribution is 0.631. The maximum atomic E-state index is 5.68. The van der Waals surface area contributed by atoms with E-state index >= 15 is 0 Å². The van der Waals surface area contributed by atoms with E-state index in [2.05, 4.69) is 58.1 Å². The van der Waals surface area contributed by atoms with Crippen LogP contribution in [-0.2, 0) is 0 Å². The van der Waals surface area contributed by atoms with Gasteiger partial charge in [-0.25, -0.2) is 5.43 Å². The van der Waals surface area contributed by atoms with Gasteiger partial charge in [-0.1, -0.05) is 12.1 Å². The first-order chi connectivity index (χ1) is 8.22. The van der Waals surface area contributed by atoms with E-state index in [4.69, 9.17) is 5.84 Å². The highest BCUT2D eigenvalue weighted by Crippen LogP contribution is 2.24. The summed E-state index contributed by atoms with van der Waals surface area (Å²) < 4.78 is 1.20. The second-order valence-electron chi connectivity index (χ2n) is 3.89. The Bertz CT molecular complexity index is 514. The number of nitrogens with zero attached hydrogens (tertiary/aromatic N) is 1. The largest absolute Gasteiger partial charge is 0.271 e. The van der Waals surface area contributed by atoms with Gasteiger partial charge in [0, 0.05) is 16.0 Å². The molecule has 0 radical (unpaired) electrons. The molecule has 2 aromatic rings. The van der Waals surface area contributed by atoms with E-state index in [0.29, 0.717) is 0 Å². The Balaban J connectivity index is 2.44. The predicted molar refractivity (Wildman–Crippen MR) is 77.3 cm³/mol. The Morgan fingerprint density at radius 2 is 2.18 bits per heavy atom. The molecule has 1 atom stereocenters. The van der Waals surface area contributed by atoms with Gasteiger partial charge in [0.1, 0.15) is 0 Å². The highest BCUT2D eigenvalue weighted by molar-refractivity contribution is 14.1. The molecule has 2 rings (SSSR count). The van der Waals surface area contributed by atoms with Gasteiger partial charge in [0.2, 0.25) is 0 Å². The summed E-state index contributed by atoms with van der Waals surface area (Å²) in [6.45, 7) is 2.06. The monoisotopic (exact) mass is 339 g/mol. The first-order valence-electron chi connectivity index (χ1n) is 5.34. The summed E-state index contributed by atoms with van der Waals surface area (Å²) >= 11 is 2.30. The van der Waals surface area contributed by atoms with Crippen LogP contribution >= 0.6 is 22.6 Å². The zero-order valence-corrected chi connectivity index (χ0v) is 11.7. The average Bonchev–Trinajstić information content (AvgIpc) is 2.33. The van der Waals surface area contributed by atoms with Crippen LogP contribution in [0.25, 0.3) is 0 Å². The molecule has 0 bridgehead atoms. The van der Waals surface area contributed by atoms with E-state index in [1.165, 1.54) is 9.13 Å². The standard InChI is InChI=1S/C13H14IN3/c1-9-5-6-16-8-12(9)13(17-15)10-3-2-4-11(14)7-10/h2-8,13,17H,15H2,1H3. The molecule has 0 saturated carbocycles. The number of halogens is 1. The van der Waals surface area contributed by atoms with E-state index in [1.54, 1.807) is 6.20 Å². The molecule has 3 nitrogen and oxygen atoms in total. The molecule has 17 heavy (non-hydrogen) atoms. The number of hydrogen-bond donors (Lipinski definition) is 2. The molecule has 1 aromatic carbocycles. The predicted octanol–water partition coefficient (Wildman–Crippen LogP) is 2.55. The molecule has 4 heteroatoms. The van der Waals surface area contributed by atoms with Gasteiger partial charge in [-0.05, 0) is 64.4 Å². The Kier molecular flexibility index (Phi) is 4.09. The molecule has 0 saturated heterocycles. The fourth-order valence-corrected chi connectivity index (χ4v) is 2.40. The normalized spacial score (nSPS) is 12.4. The number of hydrogen-bond acceptors (Lipinski definition) is 3.